The van der Waals surface area contributed by atoms with E-state index in [-0.39, 0.29) is 0 Å². The summed E-state index contributed by atoms with van der Waals surface area (Å²) < 4.78 is 0. The average Bonchev–Trinajstić information content (AvgIpc) is 2.27. The average molecular weight is 193 g/mol. The third kappa shape index (κ3) is 2.37. The van der Waals surface area contributed by atoms with Gasteiger partial charge in [0.15, 0.2) is 0 Å². The topological polar surface area (TPSA) is 28.2 Å². The number of nitrogens with one attached hydrogen (secondary N) is 1. The van der Waals surface area contributed by atoms with Gasteiger partial charge < -0.3 is 10.2 Å². The largest absolute Gasteiger partial charge is 0.387 e. The summed E-state index contributed by atoms with van der Waals surface area (Å²) in [5.74, 6) is 0. The number of nitrogens with zero attached hydrogens (tertiary/aromatic N) is 2. The normalized spacial score (nSPS) is 12.3. The van der Waals surface area contributed by atoms with Crippen LogP contribution >= 0.6 is 0 Å². The molecule has 14 heavy (non-hydrogen) atoms. The van der Waals surface area contributed by atoms with E-state index in [4.69, 9.17) is 0 Å². The van der Waals surface area contributed by atoms with Crippen LogP contribution < -0.4 is 10.2 Å². The molecule has 0 fully saturated rings. The van der Waals surface area contributed by atoms with Gasteiger partial charge in [0.2, 0.25) is 0 Å². The second kappa shape index (κ2) is 4.84. The third-order valence-corrected chi connectivity index (χ3v) is 2.67. The van der Waals surface area contributed by atoms with Crippen molar-refractivity contribution in [2.45, 2.75) is 26.3 Å². The first-order valence-corrected chi connectivity index (χ1v) is 5.04. The van der Waals surface area contributed by atoms with Crippen LogP contribution in [0.5, 0.6) is 0 Å². The molecular weight excluding hydrogens is 174 g/mol. The summed E-state index contributed by atoms with van der Waals surface area (Å²) in [5.41, 5.74) is 2.21. The van der Waals surface area contributed by atoms with E-state index in [9.17, 15) is 0 Å². The van der Waals surface area contributed by atoms with Crippen molar-refractivity contribution in [3.05, 3.63) is 18.5 Å². The smallest absolute Gasteiger partial charge is 0.0573 e. The fraction of sp³-hybridized carbons (Fsp3) is 0.545. The Hall–Kier alpha value is -1.25. The standard InChI is InChI=1S/C11H19N3/c1-5-9(2)14(4)11-6-10(12-3)7-13-8-11/h6-9,12H,5H2,1-4H3. The van der Waals surface area contributed by atoms with Gasteiger partial charge in [-0.1, -0.05) is 6.92 Å². The first kappa shape index (κ1) is 10.8. The predicted octanol–water partition coefficient (Wildman–Crippen LogP) is 2.36. The monoisotopic (exact) mass is 193 g/mol. The molecule has 0 saturated heterocycles. The highest BCUT2D eigenvalue weighted by atomic mass is 15.1. The summed E-state index contributed by atoms with van der Waals surface area (Å²) in [5, 5.41) is 3.09. The minimum Gasteiger partial charge on any atom is -0.387 e. The number of hydrogen-bond donors (Lipinski definition) is 1. The van der Waals surface area contributed by atoms with Crippen molar-refractivity contribution in [2.24, 2.45) is 0 Å². The number of hydrogen-bond acceptors (Lipinski definition) is 3. The first-order valence-electron chi connectivity index (χ1n) is 5.04. The molecule has 78 valence electrons. The van der Waals surface area contributed by atoms with Gasteiger partial charge in [-0.05, 0) is 19.4 Å². The van der Waals surface area contributed by atoms with Gasteiger partial charge in [0, 0.05) is 20.1 Å². The van der Waals surface area contributed by atoms with Crippen molar-refractivity contribution >= 4 is 11.4 Å². The maximum atomic E-state index is 4.19. The molecule has 0 amide bonds. The van der Waals surface area contributed by atoms with Gasteiger partial charge in [0.1, 0.15) is 0 Å². The summed E-state index contributed by atoms with van der Waals surface area (Å²) >= 11 is 0. The van der Waals surface area contributed by atoms with Crippen LogP contribution in [-0.2, 0) is 0 Å². The number of rotatable bonds is 4. The van der Waals surface area contributed by atoms with Crippen LogP contribution in [0.3, 0.4) is 0 Å². The summed E-state index contributed by atoms with van der Waals surface area (Å²) in [4.78, 5) is 6.43. The minimum absolute atomic E-state index is 0.545. The molecule has 3 nitrogen and oxygen atoms in total. The van der Waals surface area contributed by atoms with Gasteiger partial charge in [-0.2, -0.15) is 0 Å². The van der Waals surface area contributed by atoms with E-state index in [1.807, 2.05) is 19.4 Å². The SMILES string of the molecule is CCC(C)N(C)c1cncc(NC)c1. The molecule has 3 heteroatoms. The number of anilines is 2. The van der Waals surface area contributed by atoms with Gasteiger partial charge in [-0.3, -0.25) is 4.98 Å². The molecule has 0 aromatic carbocycles. The predicted molar refractivity (Wildman–Crippen MR) is 61.9 cm³/mol. The third-order valence-electron chi connectivity index (χ3n) is 2.67. The van der Waals surface area contributed by atoms with Crippen molar-refractivity contribution in [3.8, 4) is 0 Å². The van der Waals surface area contributed by atoms with Crippen LogP contribution in [0.25, 0.3) is 0 Å². The summed E-state index contributed by atoms with van der Waals surface area (Å²) in [6.45, 7) is 4.41. The lowest BCUT2D eigenvalue weighted by Gasteiger charge is -2.25. The highest BCUT2D eigenvalue weighted by Crippen LogP contribution is 2.18. The van der Waals surface area contributed by atoms with Crippen molar-refractivity contribution in [2.75, 3.05) is 24.3 Å². The van der Waals surface area contributed by atoms with E-state index in [0.29, 0.717) is 6.04 Å². The fourth-order valence-electron chi connectivity index (χ4n) is 1.29. The first-order chi connectivity index (χ1) is 6.69. The molecule has 1 aromatic heterocycles. The molecule has 0 aliphatic heterocycles. The van der Waals surface area contributed by atoms with Crippen molar-refractivity contribution in [1.29, 1.82) is 0 Å². The van der Waals surface area contributed by atoms with Crippen LogP contribution in [0, 0.1) is 0 Å². The van der Waals surface area contributed by atoms with E-state index >= 15 is 0 Å². The zero-order valence-corrected chi connectivity index (χ0v) is 9.41. The summed E-state index contributed by atoms with van der Waals surface area (Å²) in [7, 11) is 4.01. The van der Waals surface area contributed by atoms with E-state index in [2.05, 4.69) is 42.2 Å². The zero-order valence-electron chi connectivity index (χ0n) is 9.41. The number of pyridine rings is 1. The van der Waals surface area contributed by atoms with Crippen molar-refractivity contribution < 1.29 is 0 Å². The highest BCUT2D eigenvalue weighted by Gasteiger charge is 2.07. The minimum atomic E-state index is 0.545. The summed E-state index contributed by atoms with van der Waals surface area (Å²) in [6, 6.07) is 2.66. The molecule has 1 aromatic rings. The van der Waals surface area contributed by atoms with Gasteiger partial charge in [0.25, 0.3) is 0 Å². The summed E-state index contributed by atoms with van der Waals surface area (Å²) in [6.07, 6.45) is 4.86. The molecule has 1 rings (SSSR count). The molecule has 1 heterocycles. The lowest BCUT2D eigenvalue weighted by atomic mass is 10.2. The molecular formula is C11H19N3. The van der Waals surface area contributed by atoms with Crippen LogP contribution in [-0.4, -0.2) is 25.1 Å². The molecule has 0 aliphatic carbocycles. The van der Waals surface area contributed by atoms with E-state index < -0.39 is 0 Å². The van der Waals surface area contributed by atoms with E-state index in [1.54, 1.807) is 0 Å². The quantitative estimate of drug-likeness (QED) is 0.795. The van der Waals surface area contributed by atoms with Gasteiger partial charge in [-0.25, -0.2) is 0 Å². The Bertz CT molecular complexity index is 286. The van der Waals surface area contributed by atoms with Gasteiger partial charge >= 0.3 is 0 Å². The molecule has 1 N–H and O–H groups in total. The Morgan fingerprint density at radius 3 is 2.79 bits per heavy atom. The molecule has 0 spiro atoms. The van der Waals surface area contributed by atoms with Gasteiger partial charge in [-0.15, -0.1) is 0 Å². The van der Waals surface area contributed by atoms with E-state index in [1.165, 1.54) is 0 Å². The van der Waals surface area contributed by atoms with Crippen LogP contribution in [0.2, 0.25) is 0 Å². The lowest BCUT2D eigenvalue weighted by molar-refractivity contribution is 0.663. The molecule has 0 bridgehead atoms. The molecule has 0 aliphatic rings. The Morgan fingerprint density at radius 2 is 2.21 bits per heavy atom. The Balaban J connectivity index is 2.83. The second-order valence-corrected chi connectivity index (χ2v) is 3.55. The van der Waals surface area contributed by atoms with E-state index in [0.717, 1.165) is 17.8 Å². The number of aromatic nitrogens is 1. The maximum Gasteiger partial charge on any atom is 0.0573 e. The second-order valence-electron chi connectivity index (χ2n) is 3.55. The molecule has 1 atom stereocenters. The Labute approximate surface area is 86.2 Å². The highest BCUT2D eigenvalue weighted by molar-refractivity contribution is 5.55. The Kier molecular flexibility index (Phi) is 3.74. The maximum absolute atomic E-state index is 4.19. The fourth-order valence-corrected chi connectivity index (χ4v) is 1.29. The molecule has 0 radical (unpaired) electrons. The van der Waals surface area contributed by atoms with Crippen molar-refractivity contribution in [1.82, 2.24) is 4.98 Å². The zero-order chi connectivity index (χ0) is 10.6. The molecule has 1 unspecified atom stereocenters. The van der Waals surface area contributed by atoms with Crippen LogP contribution in [0.15, 0.2) is 18.5 Å². The van der Waals surface area contributed by atoms with Crippen molar-refractivity contribution in [3.63, 3.8) is 0 Å². The van der Waals surface area contributed by atoms with Gasteiger partial charge in [0.05, 0.1) is 23.8 Å². The van der Waals surface area contributed by atoms with Crippen LogP contribution in [0.1, 0.15) is 20.3 Å². The molecule has 0 saturated carbocycles. The lowest BCUT2D eigenvalue weighted by Crippen LogP contribution is -2.28. The van der Waals surface area contributed by atoms with Crippen LogP contribution in [0.4, 0.5) is 11.4 Å². The Morgan fingerprint density at radius 1 is 1.50 bits per heavy atom.